The molecular formula is C27H31N5O2. The smallest absolute Gasteiger partial charge is 0.262 e. The molecule has 0 radical (unpaired) electrons. The van der Waals surface area contributed by atoms with Crippen LogP contribution in [0.25, 0.3) is 28.1 Å². The van der Waals surface area contributed by atoms with Crippen molar-refractivity contribution in [3.8, 4) is 17.3 Å². The van der Waals surface area contributed by atoms with Crippen LogP contribution in [0.4, 0.5) is 5.69 Å². The lowest BCUT2D eigenvalue weighted by molar-refractivity contribution is -0.117. The summed E-state index contributed by atoms with van der Waals surface area (Å²) in [7, 11) is 5.68. The molecule has 2 aromatic carbocycles. The van der Waals surface area contributed by atoms with Gasteiger partial charge in [0.25, 0.3) is 5.91 Å². The van der Waals surface area contributed by atoms with Crippen LogP contribution in [0.5, 0.6) is 0 Å². The molecule has 7 heteroatoms. The van der Waals surface area contributed by atoms with Gasteiger partial charge in [-0.2, -0.15) is 5.26 Å². The third kappa shape index (κ3) is 5.14. The van der Waals surface area contributed by atoms with Crippen LogP contribution in [0, 0.1) is 11.3 Å². The van der Waals surface area contributed by atoms with Crippen molar-refractivity contribution in [1.82, 2.24) is 14.8 Å². The Morgan fingerprint density at radius 3 is 2.53 bits per heavy atom. The van der Waals surface area contributed by atoms with Gasteiger partial charge in [0.1, 0.15) is 11.6 Å². The van der Waals surface area contributed by atoms with Crippen molar-refractivity contribution in [1.29, 1.82) is 5.26 Å². The molecule has 0 spiro atoms. The van der Waals surface area contributed by atoms with E-state index in [-0.39, 0.29) is 5.57 Å². The second kappa shape index (κ2) is 10.6. The van der Waals surface area contributed by atoms with Crippen LogP contribution in [0.3, 0.4) is 0 Å². The number of amides is 1. The van der Waals surface area contributed by atoms with Gasteiger partial charge in [0.15, 0.2) is 0 Å². The zero-order valence-electron chi connectivity index (χ0n) is 20.0. The van der Waals surface area contributed by atoms with E-state index >= 15 is 0 Å². The van der Waals surface area contributed by atoms with Crippen LogP contribution in [-0.4, -0.2) is 68.9 Å². The maximum atomic E-state index is 12.3. The van der Waals surface area contributed by atoms with Crippen LogP contribution < -0.4 is 10.2 Å². The molecule has 0 atom stereocenters. The number of piperazine rings is 1. The highest BCUT2D eigenvalue weighted by atomic mass is 16.5. The van der Waals surface area contributed by atoms with Crippen LogP contribution >= 0.6 is 0 Å². The van der Waals surface area contributed by atoms with E-state index < -0.39 is 5.91 Å². The first-order chi connectivity index (χ1) is 16.5. The Bertz CT molecular complexity index is 1250. The number of carbonyl (C=O) groups excluding carboxylic acids is 1. The Kier molecular flexibility index (Phi) is 7.31. The molecule has 0 bridgehead atoms. The maximum absolute atomic E-state index is 12.3. The van der Waals surface area contributed by atoms with Gasteiger partial charge in [-0.25, -0.2) is 0 Å². The topological polar surface area (TPSA) is 73.5 Å². The summed E-state index contributed by atoms with van der Waals surface area (Å²) in [5.41, 5.74) is 4.24. The summed E-state index contributed by atoms with van der Waals surface area (Å²) in [4.78, 5) is 17.1. The van der Waals surface area contributed by atoms with Gasteiger partial charge in [-0.05, 0) is 59.8 Å². The van der Waals surface area contributed by atoms with Crippen LogP contribution in [-0.2, 0) is 16.6 Å². The monoisotopic (exact) mass is 457 g/mol. The maximum Gasteiger partial charge on any atom is 0.262 e. The number of nitrogens with one attached hydrogen (secondary N) is 1. The normalized spacial score (nSPS) is 14.9. The van der Waals surface area contributed by atoms with Crippen molar-refractivity contribution in [3.63, 3.8) is 0 Å². The summed E-state index contributed by atoms with van der Waals surface area (Å²) in [6.45, 7) is 5.04. The van der Waals surface area contributed by atoms with Crippen LogP contribution in [0.1, 0.15) is 5.69 Å². The zero-order valence-corrected chi connectivity index (χ0v) is 20.0. The molecule has 1 aromatic heterocycles. The number of aromatic nitrogens is 1. The number of nitrogens with zero attached hydrogens (tertiary/aromatic N) is 4. The Hall–Kier alpha value is -3.60. The Morgan fingerprint density at radius 2 is 1.79 bits per heavy atom. The minimum absolute atomic E-state index is 0.0683. The number of hydrogen-bond donors (Lipinski definition) is 1. The highest BCUT2D eigenvalue weighted by molar-refractivity contribution is 6.01. The predicted octanol–water partition coefficient (Wildman–Crippen LogP) is 3.27. The van der Waals surface area contributed by atoms with Gasteiger partial charge in [0.05, 0.1) is 6.61 Å². The first-order valence-corrected chi connectivity index (χ1v) is 11.5. The fourth-order valence-corrected chi connectivity index (χ4v) is 4.27. The van der Waals surface area contributed by atoms with E-state index in [1.807, 2.05) is 29.8 Å². The van der Waals surface area contributed by atoms with Crippen molar-refractivity contribution in [2.45, 2.75) is 0 Å². The zero-order chi connectivity index (χ0) is 24.1. The molecule has 1 aliphatic rings. The molecule has 34 heavy (non-hydrogen) atoms. The van der Waals surface area contributed by atoms with Crippen molar-refractivity contribution < 1.29 is 9.53 Å². The largest absolute Gasteiger partial charge is 0.383 e. The summed E-state index contributed by atoms with van der Waals surface area (Å²) >= 11 is 0. The highest BCUT2D eigenvalue weighted by Gasteiger charge is 2.15. The molecule has 176 valence electrons. The number of likely N-dealkylation sites (N-methyl/N-ethyl adjacent to an activating group) is 1. The number of hydrogen-bond acceptors (Lipinski definition) is 5. The molecule has 0 saturated carbocycles. The number of benzene rings is 2. The van der Waals surface area contributed by atoms with Crippen molar-refractivity contribution >= 4 is 28.4 Å². The average molecular weight is 458 g/mol. The van der Waals surface area contributed by atoms with Gasteiger partial charge in [0, 0.05) is 64.0 Å². The van der Waals surface area contributed by atoms with E-state index in [9.17, 15) is 10.1 Å². The number of ether oxygens (including phenoxy) is 1. The van der Waals surface area contributed by atoms with E-state index in [4.69, 9.17) is 4.74 Å². The molecule has 1 aliphatic heterocycles. The number of carbonyl (C=O) groups is 1. The molecule has 4 rings (SSSR count). The van der Waals surface area contributed by atoms with E-state index in [1.165, 1.54) is 16.5 Å². The van der Waals surface area contributed by atoms with Crippen molar-refractivity contribution in [2.24, 2.45) is 7.05 Å². The molecule has 3 aromatic rings. The molecule has 1 fully saturated rings. The Balaban J connectivity index is 1.56. The number of rotatable bonds is 7. The van der Waals surface area contributed by atoms with Gasteiger partial charge >= 0.3 is 0 Å². The minimum Gasteiger partial charge on any atom is -0.383 e. The first kappa shape index (κ1) is 23.6. The average Bonchev–Trinajstić information content (AvgIpc) is 3.22. The SMILES string of the molecule is COCCNC(=O)/C(C#N)=C/c1ccc(-c2ccc3cc(N4CCN(C)CC4)ccc3c2)n1C. The van der Waals surface area contributed by atoms with Gasteiger partial charge in [-0.1, -0.05) is 18.2 Å². The quantitative estimate of drug-likeness (QED) is 0.335. The third-order valence-corrected chi connectivity index (χ3v) is 6.40. The molecule has 1 amide bonds. The van der Waals surface area contributed by atoms with Crippen molar-refractivity contribution in [3.05, 3.63) is 59.8 Å². The summed E-state index contributed by atoms with van der Waals surface area (Å²) < 4.78 is 6.94. The minimum atomic E-state index is -0.399. The van der Waals surface area contributed by atoms with Gasteiger partial charge in [-0.15, -0.1) is 0 Å². The lowest BCUT2D eigenvalue weighted by Crippen LogP contribution is -2.44. The number of anilines is 1. The standard InChI is InChI=1S/C27H31N5O2/c1-30-11-13-32(14-12-30)25-7-6-20-16-22(5-4-21(20)17-25)26-9-8-24(31(26)2)18-23(19-28)27(33)29-10-15-34-3/h4-9,16-18H,10-15H2,1-3H3,(H,29,33)/b23-18+. The van der Waals surface area contributed by atoms with Crippen molar-refractivity contribution in [2.75, 3.05) is 58.4 Å². The number of nitriles is 1. The molecule has 0 unspecified atom stereocenters. The second-order valence-electron chi connectivity index (χ2n) is 8.66. The summed E-state index contributed by atoms with van der Waals surface area (Å²) in [5.74, 6) is -0.399. The lowest BCUT2D eigenvalue weighted by Gasteiger charge is -2.34. The van der Waals surface area contributed by atoms with Crippen LogP contribution in [0.15, 0.2) is 54.1 Å². The van der Waals surface area contributed by atoms with E-state index in [0.717, 1.165) is 43.1 Å². The third-order valence-electron chi connectivity index (χ3n) is 6.40. The summed E-state index contributed by atoms with van der Waals surface area (Å²) in [5, 5.41) is 14.5. The fourth-order valence-electron chi connectivity index (χ4n) is 4.27. The molecule has 1 saturated heterocycles. The van der Waals surface area contributed by atoms with Gasteiger partial charge in [0.2, 0.25) is 0 Å². The number of methoxy groups -OCH3 is 1. The Labute approximate surface area is 200 Å². The highest BCUT2D eigenvalue weighted by Crippen LogP contribution is 2.29. The fraction of sp³-hybridized carbons (Fsp3) is 0.333. The predicted molar refractivity (Wildman–Crippen MR) is 137 cm³/mol. The molecular weight excluding hydrogens is 426 g/mol. The summed E-state index contributed by atoms with van der Waals surface area (Å²) in [6.07, 6.45) is 1.62. The molecule has 2 heterocycles. The lowest BCUT2D eigenvalue weighted by atomic mass is 10.0. The Morgan fingerprint density at radius 1 is 1.06 bits per heavy atom. The molecule has 1 N–H and O–H groups in total. The summed E-state index contributed by atoms with van der Waals surface area (Å²) in [6, 6.07) is 19.1. The van der Waals surface area contributed by atoms with Gasteiger partial charge < -0.3 is 24.4 Å². The molecule has 0 aliphatic carbocycles. The number of fused-ring (bicyclic) bond motifs is 1. The van der Waals surface area contributed by atoms with E-state index in [0.29, 0.717) is 13.2 Å². The van der Waals surface area contributed by atoms with Gasteiger partial charge in [-0.3, -0.25) is 4.79 Å². The van der Waals surface area contributed by atoms with E-state index in [2.05, 4.69) is 58.6 Å². The van der Waals surface area contributed by atoms with Crippen LogP contribution in [0.2, 0.25) is 0 Å². The first-order valence-electron chi connectivity index (χ1n) is 11.5. The molecule has 7 nitrogen and oxygen atoms in total. The second-order valence-corrected chi connectivity index (χ2v) is 8.66. The van der Waals surface area contributed by atoms with E-state index in [1.54, 1.807) is 13.2 Å².